The van der Waals surface area contributed by atoms with Crippen LogP contribution in [0.1, 0.15) is 54.3 Å². The number of nitrogens with zero attached hydrogens (tertiary/aromatic N) is 3. The highest BCUT2D eigenvalue weighted by molar-refractivity contribution is 7.12. The number of ether oxygens (including phenoxy) is 1. The minimum absolute atomic E-state index is 0.0743. The summed E-state index contributed by atoms with van der Waals surface area (Å²) in [6.07, 6.45) is -5.43. The number of methoxy groups -OCH3 is 1. The Balaban J connectivity index is 2.54. The second-order valence-electron chi connectivity index (χ2n) is 5.90. The Labute approximate surface area is 157 Å². The minimum Gasteiger partial charge on any atom is -0.469 e. The Kier molecular flexibility index (Phi) is 8.98. The monoisotopic (exact) mass is 413 g/mol. The molecule has 1 aromatic heterocycles. The van der Waals surface area contributed by atoms with E-state index < -0.39 is 24.6 Å². The topological polar surface area (TPSA) is 75.1 Å². The van der Waals surface area contributed by atoms with E-state index in [1.165, 1.54) is 18.4 Å². The molecule has 0 aliphatic rings. The molecule has 0 saturated heterocycles. The van der Waals surface area contributed by atoms with E-state index in [0.29, 0.717) is 17.7 Å². The third kappa shape index (κ3) is 7.72. The van der Waals surface area contributed by atoms with Crippen LogP contribution in [0.2, 0.25) is 0 Å². The molecule has 1 unspecified atom stereocenters. The lowest BCUT2D eigenvalue weighted by Gasteiger charge is -2.19. The number of alkyl halides is 5. The van der Waals surface area contributed by atoms with Crippen LogP contribution in [-0.4, -0.2) is 25.2 Å². The Morgan fingerprint density at radius 2 is 1.96 bits per heavy atom. The van der Waals surface area contributed by atoms with Crippen LogP contribution >= 0.6 is 11.3 Å². The van der Waals surface area contributed by atoms with Crippen molar-refractivity contribution in [1.29, 1.82) is 0 Å². The van der Waals surface area contributed by atoms with Gasteiger partial charge in [-0.25, -0.2) is 0 Å². The van der Waals surface area contributed by atoms with E-state index in [4.69, 9.17) is 5.53 Å². The number of azide groups is 1. The zero-order valence-corrected chi connectivity index (χ0v) is 15.5. The summed E-state index contributed by atoms with van der Waals surface area (Å²) < 4.78 is 66.7. The van der Waals surface area contributed by atoms with Crippen LogP contribution in [0.5, 0.6) is 0 Å². The average Bonchev–Trinajstić information content (AvgIpc) is 3.05. The largest absolute Gasteiger partial charge is 0.469 e. The van der Waals surface area contributed by atoms with E-state index in [1.807, 2.05) is 6.07 Å². The van der Waals surface area contributed by atoms with Gasteiger partial charge in [0.1, 0.15) is 0 Å². The van der Waals surface area contributed by atoms with E-state index in [9.17, 15) is 26.7 Å². The first-order chi connectivity index (χ1) is 12.6. The number of halogens is 5. The molecule has 0 bridgehead atoms. The Morgan fingerprint density at radius 3 is 2.56 bits per heavy atom. The molecule has 0 fully saturated rings. The predicted molar refractivity (Wildman–Crippen MR) is 90.6 cm³/mol. The molecule has 11 heteroatoms. The maximum atomic E-state index is 12.9. The number of carbonyl (C=O) groups is 1. The predicted octanol–water partition coefficient (Wildman–Crippen LogP) is 6.35. The summed E-state index contributed by atoms with van der Waals surface area (Å²) in [4.78, 5) is 15.5. The van der Waals surface area contributed by atoms with Crippen LogP contribution in [0.15, 0.2) is 17.2 Å². The SMILES string of the molecule is COC(=O)CCCc1ccc(C(CCCCC(F)(F)C(F)(F)F)N=[N+]=[N-])s1. The average molecular weight is 413 g/mol. The van der Waals surface area contributed by atoms with Gasteiger partial charge in [0, 0.05) is 27.5 Å². The molecule has 1 rings (SSSR count). The highest BCUT2D eigenvalue weighted by Gasteiger charge is 2.56. The van der Waals surface area contributed by atoms with Gasteiger partial charge in [0.25, 0.3) is 0 Å². The number of hydrogen-bond acceptors (Lipinski definition) is 4. The first-order valence-electron chi connectivity index (χ1n) is 8.25. The third-order valence-corrected chi connectivity index (χ3v) is 5.11. The first kappa shape index (κ1) is 23.2. The molecule has 0 aliphatic heterocycles. The van der Waals surface area contributed by atoms with E-state index in [1.54, 1.807) is 6.07 Å². The molecule has 5 nitrogen and oxygen atoms in total. The standard InChI is InChI=1S/C16H20F5N3O2S/c1-26-14(25)7-4-5-11-8-9-13(27-11)12(23-24-22)6-2-3-10-15(17,18)16(19,20)21/h8-9,12H,2-7,10H2,1H3. The van der Waals surface area contributed by atoms with E-state index in [2.05, 4.69) is 14.8 Å². The molecule has 0 N–H and O–H groups in total. The van der Waals surface area contributed by atoms with Gasteiger partial charge in [0.2, 0.25) is 0 Å². The van der Waals surface area contributed by atoms with Gasteiger partial charge in [-0.3, -0.25) is 4.79 Å². The summed E-state index contributed by atoms with van der Waals surface area (Å²) in [6.45, 7) is 0. The summed E-state index contributed by atoms with van der Waals surface area (Å²) in [5, 5.41) is 3.62. The molecule has 0 aromatic carbocycles. The summed E-state index contributed by atoms with van der Waals surface area (Å²) in [7, 11) is 1.31. The molecule has 1 aromatic rings. The van der Waals surface area contributed by atoms with E-state index in [-0.39, 0.29) is 31.7 Å². The molecule has 0 radical (unpaired) electrons. The summed E-state index contributed by atoms with van der Waals surface area (Å²) in [6, 6.07) is 2.94. The van der Waals surface area contributed by atoms with Gasteiger partial charge in [-0.15, -0.1) is 11.3 Å². The molecule has 0 amide bonds. The minimum atomic E-state index is -5.55. The summed E-state index contributed by atoms with van der Waals surface area (Å²) in [5.74, 6) is -5.02. The second kappa shape index (κ2) is 10.5. The normalized spacial score (nSPS) is 13.1. The van der Waals surface area contributed by atoms with Crippen molar-refractivity contribution in [2.45, 2.75) is 63.1 Å². The van der Waals surface area contributed by atoms with Crippen LogP contribution in [0.25, 0.3) is 10.4 Å². The molecular formula is C16H20F5N3O2S. The lowest BCUT2D eigenvalue weighted by molar-refractivity contribution is -0.284. The van der Waals surface area contributed by atoms with Gasteiger partial charge < -0.3 is 4.74 Å². The van der Waals surface area contributed by atoms with Gasteiger partial charge in [-0.1, -0.05) is 11.5 Å². The smallest absolute Gasteiger partial charge is 0.453 e. The fourth-order valence-corrected chi connectivity index (χ4v) is 3.48. The number of esters is 1. The lowest BCUT2D eigenvalue weighted by Crippen LogP contribution is -2.36. The Hall–Kier alpha value is -1.87. The molecule has 152 valence electrons. The fraction of sp³-hybridized carbons (Fsp3) is 0.688. The molecule has 1 atom stereocenters. The molecule has 1 heterocycles. The quantitative estimate of drug-likeness (QED) is 0.106. The van der Waals surface area contributed by atoms with Crippen LogP contribution in [0.3, 0.4) is 0 Å². The molecule has 27 heavy (non-hydrogen) atoms. The number of carbonyl (C=O) groups excluding carboxylic acids is 1. The van der Waals surface area contributed by atoms with Crippen LogP contribution < -0.4 is 0 Å². The van der Waals surface area contributed by atoms with Gasteiger partial charge in [-0.05, 0) is 43.3 Å². The number of aryl methyl sites for hydroxylation is 1. The van der Waals surface area contributed by atoms with Crippen molar-refractivity contribution in [3.8, 4) is 0 Å². The Bertz CT molecular complexity index is 657. The van der Waals surface area contributed by atoms with Gasteiger partial charge in [-0.2, -0.15) is 22.0 Å². The molecule has 0 spiro atoms. The second-order valence-corrected chi connectivity index (χ2v) is 7.10. The van der Waals surface area contributed by atoms with Crippen molar-refractivity contribution in [3.63, 3.8) is 0 Å². The Morgan fingerprint density at radius 1 is 1.26 bits per heavy atom. The highest BCUT2D eigenvalue weighted by atomic mass is 32.1. The number of rotatable bonds is 11. The first-order valence-corrected chi connectivity index (χ1v) is 9.06. The fourth-order valence-electron chi connectivity index (χ4n) is 2.36. The maximum Gasteiger partial charge on any atom is 0.453 e. The van der Waals surface area contributed by atoms with Crippen molar-refractivity contribution in [3.05, 3.63) is 32.3 Å². The van der Waals surface area contributed by atoms with Crippen LogP contribution in [-0.2, 0) is 16.0 Å². The van der Waals surface area contributed by atoms with Crippen molar-refractivity contribution >= 4 is 17.3 Å². The van der Waals surface area contributed by atoms with Gasteiger partial charge >= 0.3 is 18.1 Å². The van der Waals surface area contributed by atoms with E-state index >= 15 is 0 Å². The van der Waals surface area contributed by atoms with Gasteiger partial charge in [0.15, 0.2) is 0 Å². The highest BCUT2D eigenvalue weighted by Crippen LogP contribution is 2.40. The molecule has 0 aliphatic carbocycles. The van der Waals surface area contributed by atoms with Gasteiger partial charge in [0.05, 0.1) is 13.2 Å². The molecule has 0 saturated carbocycles. The maximum absolute atomic E-state index is 12.9. The zero-order valence-electron chi connectivity index (χ0n) is 14.6. The van der Waals surface area contributed by atoms with Crippen LogP contribution in [0.4, 0.5) is 22.0 Å². The van der Waals surface area contributed by atoms with Crippen LogP contribution in [0, 0.1) is 0 Å². The third-order valence-electron chi connectivity index (χ3n) is 3.87. The van der Waals surface area contributed by atoms with Crippen molar-refractivity contribution in [2.75, 3.05) is 7.11 Å². The van der Waals surface area contributed by atoms with Crippen molar-refractivity contribution in [1.82, 2.24) is 0 Å². The number of unbranched alkanes of at least 4 members (excludes halogenated alkanes) is 1. The van der Waals surface area contributed by atoms with E-state index in [0.717, 1.165) is 4.88 Å². The molecular weight excluding hydrogens is 393 g/mol. The van der Waals surface area contributed by atoms with Crippen molar-refractivity contribution in [2.24, 2.45) is 5.11 Å². The number of thiophene rings is 1. The number of hydrogen-bond donors (Lipinski definition) is 0. The lowest BCUT2D eigenvalue weighted by atomic mass is 10.0. The zero-order chi connectivity index (χ0) is 20.5. The summed E-state index contributed by atoms with van der Waals surface area (Å²) in [5.41, 5.74) is 8.67. The van der Waals surface area contributed by atoms with Crippen molar-refractivity contribution < 1.29 is 31.5 Å². The summed E-state index contributed by atoms with van der Waals surface area (Å²) >= 11 is 1.36.